The molecule has 4 aromatic rings. The predicted molar refractivity (Wildman–Crippen MR) is 134 cm³/mol. The molecule has 9 nitrogen and oxygen atoms in total. The lowest BCUT2D eigenvalue weighted by Crippen LogP contribution is -2.36. The molecule has 0 saturated carbocycles. The van der Waals surface area contributed by atoms with Crippen molar-refractivity contribution in [1.82, 2.24) is 9.55 Å². The summed E-state index contributed by atoms with van der Waals surface area (Å²) in [6.45, 7) is 0.324. The summed E-state index contributed by atoms with van der Waals surface area (Å²) >= 11 is 1.12. The molecule has 178 valence electrons. The molecule has 0 spiro atoms. The second kappa shape index (κ2) is 8.67. The standard InChI is InChI=1S/C24H19N3O6S2/c28-21(29)11-10-20-22-18(14-34-20)25-24(31)27(23(22)30)16-7-3-8-17(13-16)35(32,33)26-12-4-6-15-5-1-2-9-19(15)26/h1-3,5,7-11,13-14H,4,6,12H2,(H,25,31)(H,28,29)/b11-10+. The molecule has 35 heavy (non-hydrogen) atoms. The van der Waals surface area contributed by atoms with Gasteiger partial charge in [0.05, 0.1) is 27.2 Å². The zero-order valence-corrected chi connectivity index (χ0v) is 19.8. The van der Waals surface area contributed by atoms with Crippen LogP contribution in [0.3, 0.4) is 0 Å². The number of benzene rings is 2. The Kier molecular flexibility index (Phi) is 5.65. The van der Waals surface area contributed by atoms with Crippen LogP contribution in [0.15, 0.2) is 74.5 Å². The Bertz CT molecular complexity index is 1730. The summed E-state index contributed by atoms with van der Waals surface area (Å²) in [5.74, 6) is -1.17. The highest BCUT2D eigenvalue weighted by Crippen LogP contribution is 2.32. The number of nitrogens with zero attached hydrogens (tertiary/aromatic N) is 2. The Morgan fingerprint density at radius 1 is 1.11 bits per heavy atom. The molecule has 1 aliphatic rings. The Labute approximate surface area is 203 Å². The first-order valence-electron chi connectivity index (χ1n) is 10.7. The predicted octanol–water partition coefficient (Wildman–Crippen LogP) is 2.98. The van der Waals surface area contributed by atoms with E-state index < -0.39 is 27.2 Å². The summed E-state index contributed by atoms with van der Waals surface area (Å²) in [5.41, 5.74) is 0.522. The lowest BCUT2D eigenvalue weighted by molar-refractivity contribution is -0.131. The second-order valence-electron chi connectivity index (χ2n) is 7.94. The fraction of sp³-hybridized carbons (Fsp3) is 0.125. The van der Waals surface area contributed by atoms with Gasteiger partial charge in [0.25, 0.3) is 15.6 Å². The van der Waals surface area contributed by atoms with Crippen LogP contribution in [0.1, 0.15) is 16.9 Å². The average Bonchev–Trinajstić information content (AvgIpc) is 3.25. The van der Waals surface area contributed by atoms with E-state index in [1.54, 1.807) is 17.5 Å². The fourth-order valence-corrected chi connectivity index (χ4v) is 6.69. The number of nitrogens with one attached hydrogen (secondary N) is 1. The van der Waals surface area contributed by atoms with Crippen molar-refractivity contribution in [3.05, 3.63) is 91.3 Å². The van der Waals surface area contributed by atoms with Gasteiger partial charge >= 0.3 is 11.7 Å². The number of aromatic nitrogens is 2. The highest BCUT2D eigenvalue weighted by Gasteiger charge is 2.29. The molecule has 0 bridgehead atoms. The molecule has 0 fully saturated rings. The molecule has 0 atom stereocenters. The number of aryl methyl sites for hydroxylation is 1. The first-order chi connectivity index (χ1) is 16.8. The first-order valence-corrected chi connectivity index (χ1v) is 13.0. The van der Waals surface area contributed by atoms with Crippen LogP contribution in [0.25, 0.3) is 22.7 Å². The van der Waals surface area contributed by atoms with Crippen LogP contribution in [0.5, 0.6) is 0 Å². The number of fused-ring (bicyclic) bond motifs is 2. The highest BCUT2D eigenvalue weighted by atomic mass is 32.2. The van der Waals surface area contributed by atoms with Gasteiger partial charge in [0.15, 0.2) is 0 Å². The van der Waals surface area contributed by atoms with Crippen LogP contribution in [0.2, 0.25) is 0 Å². The Morgan fingerprint density at radius 2 is 1.91 bits per heavy atom. The van der Waals surface area contributed by atoms with Crippen molar-refractivity contribution in [1.29, 1.82) is 0 Å². The van der Waals surface area contributed by atoms with E-state index in [1.165, 1.54) is 34.6 Å². The molecule has 5 rings (SSSR count). The van der Waals surface area contributed by atoms with Gasteiger partial charge in [-0.3, -0.25) is 9.10 Å². The molecule has 3 heterocycles. The number of sulfonamides is 1. The topological polar surface area (TPSA) is 130 Å². The van der Waals surface area contributed by atoms with Gasteiger partial charge < -0.3 is 10.1 Å². The first kappa shape index (κ1) is 22.8. The highest BCUT2D eigenvalue weighted by molar-refractivity contribution is 7.92. The summed E-state index contributed by atoms with van der Waals surface area (Å²) in [7, 11) is -3.96. The van der Waals surface area contributed by atoms with Gasteiger partial charge in [-0.05, 0) is 48.7 Å². The number of carboxylic acids is 1. The molecular formula is C24H19N3O6S2. The molecular weight excluding hydrogens is 490 g/mol. The van der Waals surface area contributed by atoms with Gasteiger partial charge in [0.2, 0.25) is 0 Å². The molecule has 2 aromatic carbocycles. The molecule has 0 radical (unpaired) electrons. The number of carbonyl (C=O) groups is 1. The minimum absolute atomic E-state index is 0.0468. The SMILES string of the molecule is O=C(O)/C=C/c1scc2[nH]c(=O)n(-c3cccc(S(=O)(=O)N4CCCc5ccccc54)c3)c(=O)c12. The van der Waals surface area contributed by atoms with Gasteiger partial charge in [0, 0.05) is 22.9 Å². The maximum Gasteiger partial charge on any atom is 0.333 e. The van der Waals surface area contributed by atoms with Crippen molar-refractivity contribution in [3.63, 3.8) is 0 Å². The maximum atomic E-state index is 13.6. The third kappa shape index (κ3) is 3.98. The summed E-state index contributed by atoms with van der Waals surface area (Å²) in [6, 6.07) is 13.0. The molecule has 0 saturated heterocycles. The van der Waals surface area contributed by atoms with E-state index in [9.17, 15) is 22.8 Å². The number of hydrogen-bond donors (Lipinski definition) is 2. The number of aromatic amines is 1. The molecule has 2 N–H and O–H groups in total. The number of H-pyrrole nitrogens is 1. The van der Waals surface area contributed by atoms with Crippen LogP contribution < -0.4 is 15.6 Å². The van der Waals surface area contributed by atoms with Gasteiger partial charge in [0.1, 0.15) is 0 Å². The normalized spacial score (nSPS) is 13.9. The number of para-hydroxylation sites is 1. The van der Waals surface area contributed by atoms with Crippen molar-refractivity contribution in [2.24, 2.45) is 0 Å². The second-order valence-corrected chi connectivity index (χ2v) is 10.7. The van der Waals surface area contributed by atoms with Crippen molar-refractivity contribution in [3.8, 4) is 5.69 Å². The summed E-state index contributed by atoms with van der Waals surface area (Å²) in [4.78, 5) is 40.0. The quantitative estimate of drug-likeness (QED) is 0.398. The average molecular weight is 510 g/mol. The molecule has 0 unspecified atom stereocenters. The van der Waals surface area contributed by atoms with E-state index in [0.29, 0.717) is 23.5 Å². The van der Waals surface area contributed by atoms with E-state index in [2.05, 4.69) is 4.98 Å². The zero-order valence-electron chi connectivity index (χ0n) is 18.2. The molecule has 0 aliphatic carbocycles. The molecule has 1 aliphatic heterocycles. The van der Waals surface area contributed by atoms with Crippen molar-refractivity contribution in [2.45, 2.75) is 17.7 Å². The van der Waals surface area contributed by atoms with Crippen LogP contribution in [-0.4, -0.2) is 35.6 Å². The van der Waals surface area contributed by atoms with Gasteiger partial charge in [-0.1, -0.05) is 24.3 Å². The monoisotopic (exact) mass is 509 g/mol. The summed E-state index contributed by atoms with van der Waals surface area (Å²) < 4.78 is 29.3. The Balaban J connectivity index is 1.64. The number of aliphatic carboxylic acids is 1. The number of rotatable bonds is 5. The lowest BCUT2D eigenvalue weighted by Gasteiger charge is -2.30. The van der Waals surface area contributed by atoms with E-state index in [-0.39, 0.29) is 21.5 Å². The van der Waals surface area contributed by atoms with Crippen molar-refractivity contribution in [2.75, 3.05) is 10.8 Å². The molecule has 0 amide bonds. The summed E-state index contributed by atoms with van der Waals surface area (Å²) in [5, 5.41) is 10.6. The Morgan fingerprint density at radius 3 is 2.71 bits per heavy atom. The minimum atomic E-state index is -3.96. The molecule has 11 heteroatoms. The largest absolute Gasteiger partial charge is 0.478 e. The van der Waals surface area contributed by atoms with E-state index >= 15 is 0 Å². The van der Waals surface area contributed by atoms with Gasteiger partial charge in [-0.2, -0.15) is 0 Å². The molecule has 2 aromatic heterocycles. The maximum absolute atomic E-state index is 13.6. The van der Waals surface area contributed by atoms with E-state index in [1.807, 2.05) is 12.1 Å². The van der Waals surface area contributed by atoms with E-state index in [4.69, 9.17) is 5.11 Å². The van der Waals surface area contributed by atoms with E-state index in [0.717, 1.165) is 34.0 Å². The smallest absolute Gasteiger partial charge is 0.333 e. The third-order valence-corrected chi connectivity index (χ3v) is 8.55. The fourth-order valence-electron chi connectivity index (χ4n) is 4.22. The van der Waals surface area contributed by atoms with Crippen molar-refractivity contribution < 1.29 is 18.3 Å². The van der Waals surface area contributed by atoms with Crippen LogP contribution in [0.4, 0.5) is 5.69 Å². The summed E-state index contributed by atoms with van der Waals surface area (Å²) in [6.07, 6.45) is 3.65. The van der Waals surface area contributed by atoms with Crippen LogP contribution in [0, 0.1) is 0 Å². The van der Waals surface area contributed by atoms with Crippen LogP contribution in [-0.2, 0) is 21.2 Å². The van der Waals surface area contributed by atoms with Gasteiger partial charge in [-0.25, -0.2) is 22.6 Å². The minimum Gasteiger partial charge on any atom is -0.478 e. The Hall–Kier alpha value is -3.96. The number of thiophene rings is 1. The lowest BCUT2D eigenvalue weighted by atomic mass is 10.0. The van der Waals surface area contributed by atoms with Crippen molar-refractivity contribution >= 4 is 50.0 Å². The number of anilines is 1. The number of carboxylic acid groups (broad SMARTS) is 1. The number of hydrogen-bond acceptors (Lipinski definition) is 6. The zero-order chi connectivity index (χ0) is 24.7. The third-order valence-electron chi connectivity index (χ3n) is 5.79. The van der Waals surface area contributed by atoms with Crippen LogP contribution >= 0.6 is 11.3 Å². The van der Waals surface area contributed by atoms with Gasteiger partial charge in [-0.15, -0.1) is 11.3 Å².